The third kappa shape index (κ3) is 6.55. The molecule has 0 fully saturated rings. The van der Waals surface area contributed by atoms with Gasteiger partial charge in [-0.25, -0.2) is 14.4 Å². The third-order valence-corrected chi connectivity index (χ3v) is 5.03. The van der Waals surface area contributed by atoms with Crippen LogP contribution < -0.4 is 5.32 Å². The Hall–Kier alpha value is -4.97. The van der Waals surface area contributed by atoms with E-state index in [1.54, 1.807) is 38.1 Å². The van der Waals surface area contributed by atoms with E-state index in [9.17, 15) is 24.3 Å². The maximum absolute atomic E-state index is 13.1. The molecule has 2 unspecified atom stereocenters. The highest BCUT2D eigenvalue weighted by Gasteiger charge is 2.41. The highest BCUT2D eigenvalue weighted by Crippen LogP contribution is 2.17. The summed E-state index contributed by atoms with van der Waals surface area (Å²) < 4.78 is 10.4. The fourth-order valence-corrected chi connectivity index (χ4v) is 3.25. The Morgan fingerprint density at radius 2 is 1.31 bits per heavy atom. The Morgan fingerprint density at radius 1 is 0.806 bits per heavy atom. The molecule has 0 aliphatic carbocycles. The van der Waals surface area contributed by atoms with Gasteiger partial charge in [-0.05, 0) is 62.4 Å². The first-order valence-electron chi connectivity index (χ1n) is 10.8. The van der Waals surface area contributed by atoms with Crippen LogP contribution in [0, 0.1) is 25.2 Å². The van der Waals surface area contributed by atoms with Crippen LogP contribution >= 0.6 is 0 Å². The first-order chi connectivity index (χ1) is 17.2. The van der Waals surface area contributed by atoms with Gasteiger partial charge in [0.05, 0.1) is 22.8 Å². The fourth-order valence-electron chi connectivity index (χ4n) is 3.25. The lowest BCUT2D eigenvalue weighted by molar-refractivity contribution is -0.157. The summed E-state index contributed by atoms with van der Waals surface area (Å²) in [4.78, 5) is 50.7. The van der Waals surface area contributed by atoms with Gasteiger partial charge in [0.2, 0.25) is 12.2 Å². The molecule has 0 heterocycles. The number of nitriles is 1. The zero-order chi connectivity index (χ0) is 26.2. The predicted molar refractivity (Wildman–Crippen MR) is 128 cm³/mol. The maximum atomic E-state index is 13.1. The Morgan fingerprint density at radius 3 is 1.75 bits per heavy atom. The number of anilines is 1. The van der Waals surface area contributed by atoms with Crippen molar-refractivity contribution in [2.75, 3.05) is 5.32 Å². The molecular formula is C27H22N2O7. The van der Waals surface area contributed by atoms with Gasteiger partial charge in [-0.2, -0.15) is 5.26 Å². The van der Waals surface area contributed by atoms with Crippen LogP contribution in [0.1, 0.15) is 37.4 Å². The molecule has 2 N–H and O–H groups in total. The smallest absolute Gasteiger partial charge is 0.349 e. The second-order valence-electron chi connectivity index (χ2n) is 7.91. The van der Waals surface area contributed by atoms with Crippen molar-refractivity contribution < 1.29 is 33.8 Å². The first kappa shape index (κ1) is 25.6. The van der Waals surface area contributed by atoms with Crippen LogP contribution in [-0.4, -0.2) is 41.1 Å². The summed E-state index contributed by atoms with van der Waals surface area (Å²) in [5.41, 5.74) is 2.18. The van der Waals surface area contributed by atoms with E-state index in [2.05, 4.69) is 5.32 Å². The molecule has 0 spiro atoms. The first-order valence-corrected chi connectivity index (χ1v) is 10.8. The van der Waals surface area contributed by atoms with Crippen LogP contribution in [-0.2, 0) is 19.1 Å². The van der Waals surface area contributed by atoms with Gasteiger partial charge in [0.1, 0.15) is 0 Å². The van der Waals surface area contributed by atoms with Crippen LogP contribution in [0.25, 0.3) is 0 Å². The number of amides is 1. The lowest BCUT2D eigenvalue weighted by Crippen LogP contribution is -2.48. The minimum Gasteiger partial charge on any atom is -0.478 e. The summed E-state index contributed by atoms with van der Waals surface area (Å²) in [6.45, 7) is 3.48. The predicted octanol–water partition coefficient (Wildman–Crippen LogP) is 3.65. The Balaban J connectivity index is 1.92. The topological polar surface area (TPSA) is 143 Å². The Kier molecular flexibility index (Phi) is 8.15. The quantitative estimate of drug-likeness (QED) is 0.459. The second kappa shape index (κ2) is 11.4. The lowest BCUT2D eigenvalue weighted by atomic mass is 10.1. The van der Waals surface area contributed by atoms with Crippen LogP contribution in [0.4, 0.5) is 5.69 Å². The Labute approximate surface area is 206 Å². The highest BCUT2D eigenvalue weighted by atomic mass is 16.6. The molecule has 3 aromatic rings. The van der Waals surface area contributed by atoms with Gasteiger partial charge in [0, 0.05) is 5.69 Å². The van der Waals surface area contributed by atoms with Crippen LogP contribution in [0.5, 0.6) is 0 Å². The van der Waals surface area contributed by atoms with Crippen molar-refractivity contribution in [2.45, 2.75) is 26.1 Å². The molecule has 36 heavy (non-hydrogen) atoms. The summed E-state index contributed by atoms with van der Waals surface area (Å²) in [5.74, 6) is -4.71. The molecule has 0 aliphatic rings. The molecular weight excluding hydrogens is 464 g/mol. The molecule has 0 bridgehead atoms. The number of nitrogens with zero attached hydrogens (tertiary/aromatic N) is 1. The number of carbonyl (C=O) groups excluding carboxylic acids is 3. The summed E-state index contributed by atoms with van der Waals surface area (Å²) in [6, 6.07) is 20.2. The number of hydrogen-bond acceptors (Lipinski definition) is 7. The van der Waals surface area contributed by atoms with E-state index in [-0.39, 0.29) is 16.8 Å². The van der Waals surface area contributed by atoms with Crippen molar-refractivity contribution in [2.24, 2.45) is 0 Å². The van der Waals surface area contributed by atoms with Gasteiger partial charge in [0.25, 0.3) is 5.91 Å². The van der Waals surface area contributed by atoms with E-state index in [4.69, 9.17) is 14.7 Å². The maximum Gasteiger partial charge on any atom is 0.349 e. The lowest BCUT2D eigenvalue weighted by Gasteiger charge is -2.23. The summed E-state index contributed by atoms with van der Waals surface area (Å²) in [6.07, 6.45) is -4.18. The normalized spacial score (nSPS) is 11.9. The van der Waals surface area contributed by atoms with Crippen LogP contribution in [0.15, 0.2) is 72.8 Å². The SMILES string of the molecule is Cc1cccc(C(=O)OC(C(=O)O)C(OC(=O)c2cccc(C)c2)C(=O)Nc2ccc(C#N)cc2)c1. The van der Waals surface area contributed by atoms with Crippen LogP contribution in [0.3, 0.4) is 0 Å². The summed E-state index contributed by atoms with van der Waals surface area (Å²) >= 11 is 0. The van der Waals surface area contributed by atoms with E-state index < -0.39 is 36.0 Å². The van der Waals surface area contributed by atoms with Gasteiger partial charge in [0.15, 0.2) is 0 Å². The van der Waals surface area contributed by atoms with Crippen molar-refractivity contribution >= 4 is 29.5 Å². The van der Waals surface area contributed by atoms with Gasteiger partial charge in [-0.15, -0.1) is 0 Å². The Bertz CT molecular complexity index is 1340. The fraction of sp³-hybridized carbons (Fsp3) is 0.148. The monoisotopic (exact) mass is 486 g/mol. The van der Waals surface area contributed by atoms with Gasteiger partial charge >= 0.3 is 17.9 Å². The molecule has 0 saturated carbocycles. The third-order valence-electron chi connectivity index (χ3n) is 5.03. The number of nitrogens with one attached hydrogen (secondary N) is 1. The van der Waals surface area contributed by atoms with E-state index in [1.165, 1.54) is 48.5 Å². The number of carboxylic acids is 1. The number of rotatable bonds is 8. The molecule has 3 rings (SSSR count). The largest absolute Gasteiger partial charge is 0.478 e. The zero-order valence-electron chi connectivity index (χ0n) is 19.4. The molecule has 9 nitrogen and oxygen atoms in total. The zero-order valence-corrected chi connectivity index (χ0v) is 19.4. The second-order valence-corrected chi connectivity index (χ2v) is 7.91. The number of hydrogen-bond donors (Lipinski definition) is 2. The molecule has 182 valence electrons. The number of carbonyl (C=O) groups is 4. The number of benzene rings is 3. The average Bonchev–Trinajstić information content (AvgIpc) is 2.86. The molecule has 0 aliphatic heterocycles. The minimum atomic E-state index is -2.15. The van der Waals surface area contributed by atoms with Crippen molar-refractivity contribution in [3.8, 4) is 6.07 Å². The van der Waals surface area contributed by atoms with Crippen LogP contribution in [0.2, 0.25) is 0 Å². The highest BCUT2D eigenvalue weighted by molar-refractivity contribution is 6.01. The molecule has 0 saturated heterocycles. The van der Waals surface area contributed by atoms with E-state index in [1.807, 2.05) is 6.07 Å². The standard InChI is InChI=1S/C27H22N2O7/c1-16-5-3-7-19(13-16)26(33)35-22(24(30)29-21-11-9-18(15-28)10-12-21)23(25(31)32)36-27(34)20-8-4-6-17(2)14-20/h3-14,22-23H,1-2H3,(H,29,30)(H,31,32). The van der Waals surface area contributed by atoms with Gasteiger partial charge in [-0.3, -0.25) is 4.79 Å². The minimum absolute atomic E-state index is 0.0671. The molecule has 9 heteroatoms. The van der Waals surface area contributed by atoms with Gasteiger partial charge in [-0.1, -0.05) is 35.4 Å². The van der Waals surface area contributed by atoms with Gasteiger partial charge < -0.3 is 19.9 Å². The van der Waals surface area contributed by atoms with Crippen molar-refractivity contribution in [3.05, 3.63) is 101 Å². The number of carboxylic acid groups (broad SMARTS) is 1. The van der Waals surface area contributed by atoms with E-state index in [0.29, 0.717) is 5.56 Å². The van der Waals surface area contributed by atoms with E-state index in [0.717, 1.165) is 11.1 Å². The van der Waals surface area contributed by atoms with Crippen molar-refractivity contribution in [1.82, 2.24) is 0 Å². The molecule has 2 atom stereocenters. The number of ether oxygens (including phenoxy) is 2. The summed E-state index contributed by atoms with van der Waals surface area (Å²) in [7, 11) is 0. The number of aryl methyl sites for hydroxylation is 2. The molecule has 0 radical (unpaired) electrons. The van der Waals surface area contributed by atoms with Crippen molar-refractivity contribution in [1.29, 1.82) is 5.26 Å². The number of aliphatic carboxylic acids is 1. The van der Waals surface area contributed by atoms with E-state index >= 15 is 0 Å². The summed E-state index contributed by atoms with van der Waals surface area (Å²) in [5, 5.41) is 21.2. The molecule has 0 aromatic heterocycles. The average molecular weight is 486 g/mol. The number of esters is 2. The molecule has 3 aromatic carbocycles. The molecule has 1 amide bonds. The van der Waals surface area contributed by atoms with Crippen molar-refractivity contribution in [3.63, 3.8) is 0 Å².